The Kier molecular flexibility index (Phi) is 5.53. The van der Waals surface area contributed by atoms with E-state index in [1.165, 1.54) is 5.56 Å². The first-order chi connectivity index (χ1) is 9.58. The number of hydrogen-bond donors (Lipinski definition) is 1. The number of esters is 1. The minimum Gasteiger partial charge on any atom is -0.452 e. The first-order valence-electron chi connectivity index (χ1n) is 7.16. The number of nitrogens with one attached hydrogen (secondary N) is 1. The van der Waals surface area contributed by atoms with E-state index in [9.17, 15) is 9.59 Å². The summed E-state index contributed by atoms with van der Waals surface area (Å²) in [5.41, 5.74) is 2.88. The van der Waals surface area contributed by atoms with Gasteiger partial charge in [-0.15, -0.1) is 0 Å². The summed E-state index contributed by atoms with van der Waals surface area (Å²) in [4.78, 5) is 23.7. The first-order valence-corrected chi connectivity index (χ1v) is 7.16. The van der Waals surface area contributed by atoms with Gasteiger partial charge < -0.3 is 10.1 Å². The number of aryl methyl sites for hydroxylation is 2. The largest absolute Gasteiger partial charge is 0.452 e. The minimum atomic E-state index is -0.789. The lowest BCUT2D eigenvalue weighted by atomic mass is 10.0. The van der Waals surface area contributed by atoms with Crippen molar-refractivity contribution in [2.24, 2.45) is 0 Å². The number of amides is 1. The van der Waals surface area contributed by atoms with Gasteiger partial charge in [-0.3, -0.25) is 9.59 Å². The molecule has 1 amide bonds. The van der Waals surface area contributed by atoms with Crippen LogP contribution in [0.15, 0.2) is 18.2 Å². The highest BCUT2D eigenvalue weighted by atomic mass is 16.5. The molecule has 0 heterocycles. The molecule has 0 aliphatic rings. The summed E-state index contributed by atoms with van der Waals surface area (Å²) in [6.45, 7) is 11.3. The topological polar surface area (TPSA) is 55.4 Å². The molecule has 0 aliphatic heterocycles. The summed E-state index contributed by atoms with van der Waals surface area (Å²) in [5, 5.41) is 2.79. The maximum atomic E-state index is 11.9. The van der Waals surface area contributed by atoms with Crippen molar-refractivity contribution in [1.82, 2.24) is 5.32 Å². The average molecular weight is 291 g/mol. The quantitative estimate of drug-likeness (QED) is 0.868. The van der Waals surface area contributed by atoms with Gasteiger partial charge in [-0.1, -0.05) is 18.2 Å². The van der Waals surface area contributed by atoms with E-state index in [1.54, 1.807) is 6.92 Å². The number of hydrogen-bond acceptors (Lipinski definition) is 3. The van der Waals surface area contributed by atoms with Crippen LogP contribution < -0.4 is 5.32 Å². The molecule has 0 saturated heterocycles. The standard InChI is InChI=1S/C17H25NO3/c1-11-7-8-14(9-12(11)2)10-15(19)21-13(3)16(20)18-17(4,5)6/h7-9,13H,10H2,1-6H3,(H,18,20)/t13-/m1/s1. The fourth-order valence-electron chi connectivity index (χ4n) is 1.84. The van der Waals surface area contributed by atoms with Gasteiger partial charge in [0.25, 0.3) is 5.91 Å². The Morgan fingerprint density at radius 2 is 1.81 bits per heavy atom. The van der Waals surface area contributed by atoms with Gasteiger partial charge in [0.15, 0.2) is 6.10 Å². The van der Waals surface area contributed by atoms with Crippen molar-refractivity contribution in [3.8, 4) is 0 Å². The van der Waals surface area contributed by atoms with E-state index in [2.05, 4.69) is 5.32 Å². The molecule has 0 spiro atoms. The highest BCUT2D eigenvalue weighted by Gasteiger charge is 2.22. The second-order valence-corrected chi connectivity index (χ2v) is 6.47. The molecular weight excluding hydrogens is 266 g/mol. The Hall–Kier alpha value is -1.84. The summed E-state index contributed by atoms with van der Waals surface area (Å²) >= 11 is 0. The van der Waals surface area contributed by atoms with Gasteiger partial charge >= 0.3 is 5.97 Å². The van der Waals surface area contributed by atoms with Crippen LogP contribution in [0.5, 0.6) is 0 Å². The van der Waals surface area contributed by atoms with Crippen molar-refractivity contribution in [2.75, 3.05) is 0 Å². The Labute approximate surface area is 126 Å². The van der Waals surface area contributed by atoms with Gasteiger partial charge in [0.1, 0.15) is 0 Å². The summed E-state index contributed by atoms with van der Waals surface area (Å²) < 4.78 is 5.18. The SMILES string of the molecule is Cc1ccc(CC(=O)O[C@H](C)C(=O)NC(C)(C)C)cc1C. The first kappa shape index (κ1) is 17.2. The van der Waals surface area contributed by atoms with Crippen LogP contribution in [0.1, 0.15) is 44.4 Å². The van der Waals surface area contributed by atoms with E-state index < -0.39 is 12.1 Å². The monoisotopic (exact) mass is 291 g/mol. The van der Waals surface area contributed by atoms with Gasteiger partial charge in [0.2, 0.25) is 0 Å². The molecule has 0 fully saturated rings. The summed E-state index contributed by atoms with van der Waals surface area (Å²) in [6.07, 6.45) is -0.614. The third-order valence-corrected chi connectivity index (χ3v) is 3.10. The molecular formula is C17H25NO3. The zero-order valence-electron chi connectivity index (χ0n) is 13.7. The highest BCUT2D eigenvalue weighted by molar-refractivity contribution is 5.84. The maximum absolute atomic E-state index is 11.9. The van der Waals surface area contributed by atoms with E-state index in [0.717, 1.165) is 11.1 Å². The summed E-state index contributed by atoms with van der Waals surface area (Å²) in [7, 11) is 0. The normalized spacial score (nSPS) is 12.7. The number of ether oxygens (including phenoxy) is 1. The number of carbonyl (C=O) groups is 2. The molecule has 0 aromatic heterocycles. The van der Waals surface area contributed by atoms with Gasteiger partial charge in [0.05, 0.1) is 6.42 Å². The molecule has 1 aromatic rings. The third-order valence-electron chi connectivity index (χ3n) is 3.10. The van der Waals surface area contributed by atoms with Crippen molar-refractivity contribution in [3.05, 3.63) is 34.9 Å². The molecule has 0 radical (unpaired) electrons. The number of benzene rings is 1. The lowest BCUT2D eigenvalue weighted by Crippen LogP contribution is -2.46. The number of rotatable bonds is 4. The molecule has 116 valence electrons. The Morgan fingerprint density at radius 3 is 2.33 bits per heavy atom. The molecule has 21 heavy (non-hydrogen) atoms. The minimum absolute atomic E-state index is 0.175. The van der Waals surface area contributed by atoms with Crippen LogP contribution in [-0.2, 0) is 20.7 Å². The second-order valence-electron chi connectivity index (χ2n) is 6.47. The van der Waals surface area contributed by atoms with Crippen LogP contribution in [0.4, 0.5) is 0 Å². The van der Waals surface area contributed by atoms with Gasteiger partial charge in [-0.05, 0) is 58.2 Å². The molecule has 4 nitrogen and oxygen atoms in total. The van der Waals surface area contributed by atoms with Crippen LogP contribution in [0.25, 0.3) is 0 Å². The van der Waals surface area contributed by atoms with Crippen LogP contribution in [0.2, 0.25) is 0 Å². The van der Waals surface area contributed by atoms with Crippen LogP contribution in [0, 0.1) is 13.8 Å². The average Bonchev–Trinajstić information content (AvgIpc) is 2.31. The van der Waals surface area contributed by atoms with Crippen molar-refractivity contribution in [3.63, 3.8) is 0 Å². The summed E-state index contributed by atoms with van der Waals surface area (Å²) in [5.74, 6) is -0.675. The Balaban J connectivity index is 2.57. The smallest absolute Gasteiger partial charge is 0.311 e. The fourth-order valence-corrected chi connectivity index (χ4v) is 1.84. The number of carbonyl (C=O) groups excluding carboxylic acids is 2. The predicted molar refractivity (Wildman–Crippen MR) is 83.1 cm³/mol. The summed E-state index contributed by atoms with van der Waals surface area (Å²) in [6, 6.07) is 5.85. The zero-order chi connectivity index (χ0) is 16.2. The molecule has 0 bridgehead atoms. The molecule has 4 heteroatoms. The Morgan fingerprint density at radius 1 is 1.19 bits per heavy atom. The molecule has 1 atom stereocenters. The fraction of sp³-hybridized carbons (Fsp3) is 0.529. The van der Waals surface area contributed by atoms with Crippen molar-refractivity contribution in [2.45, 2.75) is 59.6 Å². The lowest BCUT2D eigenvalue weighted by molar-refractivity contribution is -0.154. The van der Waals surface area contributed by atoms with Crippen molar-refractivity contribution in [1.29, 1.82) is 0 Å². The zero-order valence-corrected chi connectivity index (χ0v) is 13.7. The van der Waals surface area contributed by atoms with Gasteiger partial charge in [0, 0.05) is 5.54 Å². The molecule has 1 rings (SSSR count). The Bertz CT molecular complexity index is 529. The predicted octanol–water partition coefficient (Wildman–Crippen LogP) is 2.69. The molecule has 1 N–H and O–H groups in total. The van der Waals surface area contributed by atoms with Crippen molar-refractivity contribution < 1.29 is 14.3 Å². The van der Waals surface area contributed by atoms with E-state index in [4.69, 9.17) is 4.74 Å². The van der Waals surface area contributed by atoms with Gasteiger partial charge in [-0.2, -0.15) is 0 Å². The molecule has 0 aliphatic carbocycles. The molecule has 0 saturated carbocycles. The third kappa shape index (κ3) is 5.98. The maximum Gasteiger partial charge on any atom is 0.311 e. The van der Waals surface area contributed by atoms with Gasteiger partial charge in [-0.25, -0.2) is 0 Å². The van der Waals surface area contributed by atoms with E-state index >= 15 is 0 Å². The van der Waals surface area contributed by atoms with E-state index in [-0.39, 0.29) is 17.9 Å². The van der Waals surface area contributed by atoms with E-state index in [1.807, 2.05) is 52.8 Å². The second kappa shape index (κ2) is 6.74. The highest BCUT2D eigenvalue weighted by Crippen LogP contribution is 2.11. The van der Waals surface area contributed by atoms with Crippen LogP contribution in [-0.4, -0.2) is 23.5 Å². The van der Waals surface area contributed by atoms with Crippen molar-refractivity contribution >= 4 is 11.9 Å². The molecule has 1 aromatic carbocycles. The van der Waals surface area contributed by atoms with Crippen LogP contribution >= 0.6 is 0 Å². The van der Waals surface area contributed by atoms with E-state index in [0.29, 0.717) is 0 Å². The van der Waals surface area contributed by atoms with Crippen LogP contribution in [0.3, 0.4) is 0 Å². The lowest BCUT2D eigenvalue weighted by Gasteiger charge is -2.23. The molecule has 0 unspecified atom stereocenters.